The molecule has 3 aromatic carbocycles. The minimum Gasteiger partial charge on any atom is -0.426 e. The summed E-state index contributed by atoms with van der Waals surface area (Å²) in [5, 5.41) is 2.34. The molecule has 0 unspecified atom stereocenters. The molecule has 0 radical (unpaired) electrons. The third kappa shape index (κ3) is 5.06. The molecule has 0 aromatic heterocycles. The molecular weight excluding hydrogens is 356 g/mol. The average molecular weight is 389 g/mol. The van der Waals surface area contributed by atoms with Gasteiger partial charge in [-0.1, -0.05) is 101 Å². The Morgan fingerprint density at radius 3 is 2.41 bits per heavy atom. The Morgan fingerprint density at radius 1 is 0.897 bits per heavy atom. The van der Waals surface area contributed by atoms with Gasteiger partial charge in [0.2, 0.25) is 0 Å². The van der Waals surface area contributed by atoms with E-state index in [-0.39, 0.29) is 11.4 Å². The number of hydrogen-bond acceptors (Lipinski definition) is 2. The van der Waals surface area contributed by atoms with Crippen LogP contribution in [0.25, 0.3) is 21.9 Å². The summed E-state index contributed by atoms with van der Waals surface area (Å²) in [6.07, 6.45) is 6.14. The Labute approximate surface area is 174 Å². The zero-order valence-corrected chi connectivity index (χ0v) is 18.1. The van der Waals surface area contributed by atoms with Crippen LogP contribution in [0.3, 0.4) is 0 Å². The van der Waals surface area contributed by atoms with E-state index in [2.05, 4.69) is 69.3 Å². The molecule has 0 amide bonds. The van der Waals surface area contributed by atoms with Crippen LogP contribution in [0.5, 0.6) is 5.75 Å². The highest BCUT2D eigenvalue weighted by molar-refractivity contribution is 5.98. The Hall–Kier alpha value is -2.61. The molecular formula is C27H32O2. The molecule has 0 saturated carbocycles. The molecule has 0 bridgehead atoms. The van der Waals surface area contributed by atoms with Gasteiger partial charge in [-0.15, -0.1) is 0 Å². The molecule has 152 valence electrons. The van der Waals surface area contributed by atoms with Crippen molar-refractivity contribution in [3.8, 4) is 16.9 Å². The molecule has 3 rings (SSSR count). The lowest BCUT2D eigenvalue weighted by molar-refractivity contribution is -0.131. The van der Waals surface area contributed by atoms with Crippen LogP contribution < -0.4 is 4.74 Å². The normalized spacial score (nSPS) is 11.6. The number of benzene rings is 3. The van der Waals surface area contributed by atoms with E-state index in [1.807, 2.05) is 12.1 Å². The van der Waals surface area contributed by atoms with Crippen molar-refractivity contribution in [1.29, 1.82) is 0 Å². The number of ether oxygens (including phenoxy) is 1. The van der Waals surface area contributed by atoms with Gasteiger partial charge in [0, 0.05) is 12.5 Å². The fourth-order valence-electron chi connectivity index (χ4n) is 4.00. The van der Waals surface area contributed by atoms with Crippen molar-refractivity contribution in [3.63, 3.8) is 0 Å². The molecule has 0 fully saturated rings. The topological polar surface area (TPSA) is 26.3 Å². The van der Waals surface area contributed by atoms with Crippen LogP contribution in [0.15, 0.2) is 60.7 Å². The molecule has 2 heteroatoms. The first-order chi connectivity index (χ1) is 13.9. The van der Waals surface area contributed by atoms with Crippen LogP contribution in [0.4, 0.5) is 0 Å². The van der Waals surface area contributed by atoms with E-state index < -0.39 is 0 Å². The average Bonchev–Trinajstić information content (AvgIpc) is 2.70. The number of rotatable bonds is 8. The van der Waals surface area contributed by atoms with Crippen LogP contribution in [0, 0.1) is 0 Å². The summed E-state index contributed by atoms with van der Waals surface area (Å²) in [4.78, 5) is 11.8. The number of carbonyl (C=O) groups excluding carboxylic acids is 1. The summed E-state index contributed by atoms with van der Waals surface area (Å²) in [7, 11) is 0. The third-order valence-corrected chi connectivity index (χ3v) is 5.75. The standard InChI is InChI=1S/C27H32O2/c1-5-6-7-10-18-27(3,4)22-16-17-25(26(19-22)29-20(2)28)24-15-11-13-21-12-8-9-14-23(21)24/h8-9,11-17,19H,5-7,10,18H2,1-4H3. The number of hydrogen-bond donors (Lipinski definition) is 0. The molecule has 3 aromatic rings. The van der Waals surface area contributed by atoms with Crippen molar-refractivity contribution >= 4 is 16.7 Å². The lowest BCUT2D eigenvalue weighted by atomic mass is 9.79. The minimum absolute atomic E-state index is 0.0416. The molecule has 29 heavy (non-hydrogen) atoms. The van der Waals surface area contributed by atoms with Gasteiger partial charge in [0.25, 0.3) is 0 Å². The second-order valence-corrected chi connectivity index (χ2v) is 8.53. The zero-order valence-electron chi connectivity index (χ0n) is 18.1. The van der Waals surface area contributed by atoms with Gasteiger partial charge in [-0.05, 0) is 39.8 Å². The van der Waals surface area contributed by atoms with E-state index in [9.17, 15) is 4.79 Å². The molecule has 0 aliphatic carbocycles. The summed E-state index contributed by atoms with van der Waals surface area (Å²) >= 11 is 0. The quantitative estimate of drug-likeness (QED) is 0.225. The van der Waals surface area contributed by atoms with Crippen molar-refractivity contribution in [2.24, 2.45) is 0 Å². The first-order valence-corrected chi connectivity index (χ1v) is 10.7. The minimum atomic E-state index is -0.288. The number of esters is 1. The van der Waals surface area contributed by atoms with E-state index in [4.69, 9.17) is 4.74 Å². The monoisotopic (exact) mass is 388 g/mol. The SMILES string of the molecule is CCCCCCC(C)(C)c1ccc(-c2cccc3ccccc23)c(OC(C)=O)c1. The van der Waals surface area contributed by atoms with Crippen molar-refractivity contribution in [3.05, 3.63) is 66.2 Å². The molecule has 0 aliphatic rings. The molecule has 0 spiro atoms. The maximum Gasteiger partial charge on any atom is 0.308 e. The first kappa shape index (κ1) is 21.1. The lowest BCUT2D eigenvalue weighted by Crippen LogP contribution is -2.17. The molecule has 2 nitrogen and oxygen atoms in total. The zero-order chi connectivity index (χ0) is 20.9. The van der Waals surface area contributed by atoms with Crippen molar-refractivity contribution in [2.75, 3.05) is 0 Å². The lowest BCUT2D eigenvalue weighted by Gasteiger charge is -2.26. The predicted octanol–water partition coefficient (Wildman–Crippen LogP) is 7.68. The van der Waals surface area contributed by atoms with Gasteiger partial charge < -0.3 is 4.74 Å². The third-order valence-electron chi connectivity index (χ3n) is 5.75. The van der Waals surface area contributed by atoms with Crippen LogP contribution in [-0.4, -0.2) is 5.97 Å². The summed E-state index contributed by atoms with van der Waals surface area (Å²) in [6.45, 7) is 8.27. The highest BCUT2D eigenvalue weighted by Gasteiger charge is 2.22. The van der Waals surface area contributed by atoms with Gasteiger partial charge in [-0.3, -0.25) is 4.79 Å². The fourth-order valence-corrected chi connectivity index (χ4v) is 4.00. The van der Waals surface area contributed by atoms with Crippen LogP contribution in [-0.2, 0) is 10.2 Å². The Kier molecular flexibility index (Phi) is 6.74. The number of fused-ring (bicyclic) bond motifs is 1. The maximum absolute atomic E-state index is 11.8. The summed E-state index contributed by atoms with van der Waals surface area (Å²) in [5.41, 5.74) is 3.31. The second-order valence-electron chi connectivity index (χ2n) is 8.53. The van der Waals surface area contributed by atoms with Gasteiger partial charge in [-0.25, -0.2) is 0 Å². The van der Waals surface area contributed by atoms with Crippen LogP contribution in [0.1, 0.15) is 65.4 Å². The summed E-state index contributed by atoms with van der Waals surface area (Å²) < 4.78 is 5.69. The van der Waals surface area contributed by atoms with E-state index in [1.165, 1.54) is 43.6 Å². The second kappa shape index (κ2) is 9.26. The van der Waals surface area contributed by atoms with Crippen LogP contribution in [0.2, 0.25) is 0 Å². The van der Waals surface area contributed by atoms with E-state index in [1.54, 1.807) is 0 Å². The molecule has 0 heterocycles. The van der Waals surface area contributed by atoms with Gasteiger partial charge in [0.05, 0.1) is 0 Å². The van der Waals surface area contributed by atoms with Gasteiger partial charge >= 0.3 is 5.97 Å². The first-order valence-electron chi connectivity index (χ1n) is 10.7. The van der Waals surface area contributed by atoms with Crippen LogP contribution >= 0.6 is 0 Å². The Morgan fingerprint density at radius 2 is 1.66 bits per heavy atom. The van der Waals surface area contributed by atoms with Crippen molar-refractivity contribution < 1.29 is 9.53 Å². The highest BCUT2D eigenvalue weighted by Crippen LogP contribution is 2.39. The maximum atomic E-state index is 11.8. The van der Waals surface area contributed by atoms with Crippen molar-refractivity contribution in [1.82, 2.24) is 0 Å². The highest BCUT2D eigenvalue weighted by atomic mass is 16.5. The molecule has 0 aliphatic heterocycles. The predicted molar refractivity (Wildman–Crippen MR) is 122 cm³/mol. The summed E-state index contributed by atoms with van der Waals surface area (Å²) in [5.74, 6) is 0.359. The van der Waals surface area contributed by atoms with Crippen molar-refractivity contribution in [2.45, 2.75) is 65.2 Å². The number of unbranched alkanes of at least 4 members (excludes halogenated alkanes) is 3. The molecule has 0 saturated heterocycles. The Bertz CT molecular complexity index is 979. The van der Waals surface area contributed by atoms with Gasteiger partial charge in [-0.2, -0.15) is 0 Å². The largest absolute Gasteiger partial charge is 0.426 e. The van der Waals surface area contributed by atoms with Gasteiger partial charge in [0.15, 0.2) is 0 Å². The van der Waals surface area contributed by atoms with E-state index in [0.29, 0.717) is 5.75 Å². The number of carbonyl (C=O) groups is 1. The molecule has 0 atom stereocenters. The Balaban J connectivity index is 2.01. The van der Waals surface area contributed by atoms with E-state index >= 15 is 0 Å². The van der Waals surface area contributed by atoms with E-state index in [0.717, 1.165) is 22.9 Å². The molecule has 0 N–H and O–H groups in total. The fraction of sp³-hybridized carbons (Fsp3) is 0.370. The summed E-state index contributed by atoms with van der Waals surface area (Å²) in [6, 6.07) is 21.0. The smallest absolute Gasteiger partial charge is 0.308 e. The van der Waals surface area contributed by atoms with Gasteiger partial charge in [0.1, 0.15) is 5.75 Å².